The topological polar surface area (TPSA) is 44.8 Å². The molecule has 4 heteroatoms. The second kappa shape index (κ2) is 21.1. The monoisotopic (exact) mass is 400 g/mol. The molecule has 0 aromatic heterocycles. The van der Waals surface area contributed by atoms with Crippen molar-refractivity contribution >= 4 is 5.97 Å². The molecular weight excluding hydrogens is 352 g/mol. The lowest BCUT2D eigenvalue weighted by molar-refractivity contribution is -0.148. The number of esters is 1. The first-order valence-corrected chi connectivity index (χ1v) is 12.0. The summed E-state index contributed by atoms with van der Waals surface area (Å²) in [6.45, 7) is 9.68. The maximum absolute atomic E-state index is 11.1. The van der Waals surface area contributed by atoms with Crippen LogP contribution in [0.3, 0.4) is 0 Å². The Hall–Kier alpha value is -0.610. The SMILES string of the molecule is CCCCCCOC(CCCCCCC(CC)OC(C)=O)OCCCCCC. The van der Waals surface area contributed by atoms with Crippen molar-refractivity contribution < 1.29 is 19.0 Å². The standard InChI is InChI=1S/C24H48O4/c1-5-8-10-16-20-26-24(27-21-17-11-9-6-2)19-15-13-12-14-18-23(7-3)28-22(4)25/h23-24H,5-21H2,1-4H3. The van der Waals surface area contributed by atoms with Gasteiger partial charge in [-0.1, -0.05) is 72.1 Å². The van der Waals surface area contributed by atoms with Gasteiger partial charge in [-0.3, -0.25) is 4.79 Å². The van der Waals surface area contributed by atoms with Gasteiger partial charge in [-0.05, 0) is 44.9 Å². The van der Waals surface area contributed by atoms with Crippen LogP contribution < -0.4 is 0 Å². The first-order chi connectivity index (χ1) is 13.6. The van der Waals surface area contributed by atoms with Crippen LogP contribution in [0.15, 0.2) is 0 Å². The molecule has 4 nitrogen and oxygen atoms in total. The van der Waals surface area contributed by atoms with Gasteiger partial charge in [-0.25, -0.2) is 0 Å². The van der Waals surface area contributed by atoms with Gasteiger partial charge in [0, 0.05) is 20.1 Å². The molecule has 1 atom stereocenters. The molecule has 0 rings (SSSR count). The number of ether oxygens (including phenoxy) is 3. The van der Waals surface area contributed by atoms with Gasteiger partial charge in [0.05, 0.1) is 0 Å². The van der Waals surface area contributed by atoms with Crippen molar-refractivity contribution in [1.82, 2.24) is 0 Å². The van der Waals surface area contributed by atoms with E-state index in [9.17, 15) is 4.79 Å². The molecular formula is C24H48O4. The molecule has 0 spiro atoms. The van der Waals surface area contributed by atoms with Crippen molar-refractivity contribution in [1.29, 1.82) is 0 Å². The Labute approximate surface area is 175 Å². The second-order valence-corrected chi connectivity index (χ2v) is 7.92. The van der Waals surface area contributed by atoms with Crippen molar-refractivity contribution in [2.24, 2.45) is 0 Å². The third-order valence-corrected chi connectivity index (χ3v) is 5.11. The molecule has 0 saturated heterocycles. The van der Waals surface area contributed by atoms with Gasteiger partial charge in [0.15, 0.2) is 6.29 Å². The van der Waals surface area contributed by atoms with Crippen LogP contribution in [0.1, 0.15) is 124 Å². The minimum atomic E-state index is -0.165. The molecule has 0 amide bonds. The lowest BCUT2D eigenvalue weighted by Crippen LogP contribution is -2.19. The summed E-state index contributed by atoms with van der Waals surface area (Å²) in [4.78, 5) is 11.1. The quantitative estimate of drug-likeness (QED) is 0.116. The number of carbonyl (C=O) groups excluding carboxylic acids is 1. The third-order valence-electron chi connectivity index (χ3n) is 5.11. The van der Waals surface area contributed by atoms with Crippen LogP contribution in [0.2, 0.25) is 0 Å². The smallest absolute Gasteiger partial charge is 0.302 e. The first kappa shape index (κ1) is 27.4. The molecule has 0 aliphatic rings. The molecule has 0 saturated carbocycles. The van der Waals surface area contributed by atoms with Crippen molar-refractivity contribution in [2.45, 2.75) is 136 Å². The fourth-order valence-electron chi connectivity index (χ4n) is 3.32. The number of rotatable bonds is 21. The first-order valence-electron chi connectivity index (χ1n) is 12.0. The fraction of sp³-hybridized carbons (Fsp3) is 0.958. The maximum atomic E-state index is 11.1. The van der Waals surface area contributed by atoms with Gasteiger partial charge in [0.1, 0.15) is 6.10 Å². The summed E-state index contributed by atoms with van der Waals surface area (Å²) >= 11 is 0. The molecule has 0 aromatic rings. The van der Waals surface area contributed by atoms with E-state index in [1.807, 2.05) is 0 Å². The Morgan fingerprint density at radius 3 is 1.64 bits per heavy atom. The normalized spacial score (nSPS) is 12.5. The van der Waals surface area contributed by atoms with E-state index in [2.05, 4.69) is 20.8 Å². The second-order valence-electron chi connectivity index (χ2n) is 7.92. The number of unbranched alkanes of at least 4 members (excludes halogenated alkanes) is 9. The van der Waals surface area contributed by atoms with E-state index >= 15 is 0 Å². The number of carbonyl (C=O) groups is 1. The maximum Gasteiger partial charge on any atom is 0.302 e. The largest absolute Gasteiger partial charge is 0.463 e. The zero-order valence-corrected chi connectivity index (χ0v) is 19.3. The Balaban J connectivity index is 3.91. The molecule has 0 N–H and O–H groups in total. The molecule has 168 valence electrons. The molecule has 0 aromatic carbocycles. The molecule has 0 fully saturated rings. The van der Waals surface area contributed by atoms with E-state index < -0.39 is 0 Å². The third kappa shape index (κ3) is 18.7. The van der Waals surface area contributed by atoms with Crippen molar-refractivity contribution in [2.75, 3.05) is 13.2 Å². The van der Waals surface area contributed by atoms with Crippen LogP contribution in [-0.4, -0.2) is 31.6 Å². The summed E-state index contributed by atoms with van der Waals surface area (Å²) in [6.07, 6.45) is 17.4. The summed E-state index contributed by atoms with van der Waals surface area (Å²) in [5, 5.41) is 0. The molecule has 0 bridgehead atoms. The predicted octanol–water partition coefficient (Wildman–Crippen LogP) is 7.19. The number of hydrogen-bond donors (Lipinski definition) is 0. The minimum Gasteiger partial charge on any atom is -0.463 e. The lowest BCUT2D eigenvalue weighted by Gasteiger charge is -2.19. The highest BCUT2D eigenvalue weighted by molar-refractivity contribution is 5.66. The fourth-order valence-corrected chi connectivity index (χ4v) is 3.32. The van der Waals surface area contributed by atoms with E-state index in [4.69, 9.17) is 14.2 Å². The number of hydrogen-bond acceptors (Lipinski definition) is 4. The van der Waals surface area contributed by atoms with E-state index in [1.165, 1.54) is 58.3 Å². The van der Waals surface area contributed by atoms with Gasteiger partial charge in [0.25, 0.3) is 0 Å². The summed E-state index contributed by atoms with van der Waals surface area (Å²) < 4.78 is 17.4. The van der Waals surface area contributed by atoms with Crippen LogP contribution in [0.5, 0.6) is 0 Å². The predicted molar refractivity (Wildman–Crippen MR) is 118 cm³/mol. The molecule has 0 aliphatic heterocycles. The van der Waals surface area contributed by atoms with E-state index in [1.54, 1.807) is 0 Å². The van der Waals surface area contributed by atoms with Gasteiger partial charge in [0.2, 0.25) is 0 Å². The zero-order valence-electron chi connectivity index (χ0n) is 19.3. The summed E-state index contributed by atoms with van der Waals surface area (Å²) in [5.41, 5.74) is 0. The molecule has 1 unspecified atom stereocenters. The van der Waals surface area contributed by atoms with Crippen LogP contribution in [0, 0.1) is 0 Å². The molecule has 0 aliphatic carbocycles. The Morgan fingerprint density at radius 2 is 1.18 bits per heavy atom. The van der Waals surface area contributed by atoms with Crippen LogP contribution in [0.4, 0.5) is 0 Å². The van der Waals surface area contributed by atoms with Crippen LogP contribution in [-0.2, 0) is 19.0 Å². The van der Waals surface area contributed by atoms with Gasteiger partial charge >= 0.3 is 5.97 Å². The van der Waals surface area contributed by atoms with Crippen molar-refractivity contribution in [3.05, 3.63) is 0 Å². The van der Waals surface area contributed by atoms with E-state index in [0.717, 1.165) is 58.2 Å². The Bertz CT molecular complexity index is 319. The van der Waals surface area contributed by atoms with Crippen molar-refractivity contribution in [3.63, 3.8) is 0 Å². The molecule has 28 heavy (non-hydrogen) atoms. The summed E-state index contributed by atoms with van der Waals surface area (Å²) in [6, 6.07) is 0. The van der Waals surface area contributed by atoms with Gasteiger partial charge in [-0.15, -0.1) is 0 Å². The van der Waals surface area contributed by atoms with E-state index in [0.29, 0.717) is 0 Å². The van der Waals surface area contributed by atoms with E-state index in [-0.39, 0.29) is 18.4 Å². The van der Waals surface area contributed by atoms with Gasteiger partial charge in [-0.2, -0.15) is 0 Å². The molecule has 0 heterocycles. The Morgan fingerprint density at radius 1 is 0.679 bits per heavy atom. The zero-order chi connectivity index (χ0) is 20.9. The minimum absolute atomic E-state index is 0.0345. The highest BCUT2D eigenvalue weighted by Gasteiger charge is 2.11. The average Bonchev–Trinajstić information content (AvgIpc) is 2.68. The van der Waals surface area contributed by atoms with Gasteiger partial charge < -0.3 is 14.2 Å². The average molecular weight is 401 g/mol. The summed E-state index contributed by atoms with van der Waals surface area (Å²) in [7, 11) is 0. The van der Waals surface area contributed by atoms with Crippen LogP contribution >= 0.6 is 0 Å². The van der Waals surface area contributed by atoms with Crippen molar-refractivity contribution in [3.8, 4) is 0 Å². The van der Waals surface area contributed by atoms with Crippen LogP contribution in [0.25, 0.3) is 0 Å². The Kier molecular flexibility index (Phi) is 20.6. The highest BCUT2D eigenvalue weighted by Crippen LogP contribution is 2.15. The summed E-state index contributed by atoms with van der Waals surface area (Å²) in [5.74, 6) is -0.165. The lowest BCUT2D eigenvalue weighted by atomic mass is 10.1. The molecule has 0 radical (unpaired) electrons. The highest BCUT2D eigenvalue weighted by atomic mass is 16.7.